The van der Waals surface area contributed by atoms with E-state index in [9.17, 15) is 9.90 Å². The summed E-state index contributed by atoms with van der Waals surface area (Å²) in [6.07, 6.45) is 4.91. The average molecular weight is 273 g/mol. The van der Waals surface area contributed by atoms with Crippen molar-refractivity contribution in [3.8, 4) is 0 Å². The van der Waals surface area contributed by atoms with E-state index in [-0.39, 0.29) is 18.4 Å². The van der Waals surface area contributed by atoms with Gasteiger partial charge in [-0.1, -0.05) is 24.3 Å². The highest BCUT2D eigenvalue weighted by Gasteiger charge is 2.28. The third kappa shape index (κ3) is 2.73. The molecule has 0 bridgehead atoms. The highest BCUT2D eigenvalue weighted by atomic mass is 16.3. The second-order valence-electron chi connectivity index (χ2n) is 6.17. The molecule has 0 spiro atoms. The second-order valence-corrected chi connectivity index (χ2v) is 6.17. The number of aliphatic hydroxyl groups excluding tert-OH is 1. The third-order valence-corrected chi connectivity index (χ3v) is 4.81. The minimum Gasteiger partial charge on any atom is -0.396 e. The van der Waals surface area contributed by atoms with E-state index in [2.05, 4.69) is 24.3 Å². The Balaban J connectivity index is 1.62. The van der Waals surface area contributed by atoms with Crippen LogP contribution in [0.5, 0.6) is 0 Å². The van der Waals surface area contributed by atoms with E-state index in [4.69, 9.17) is 0 Å². The topological polar surface area (TPSA) is 40.5 Å². The normalized spacial score (nSPS) is 25.6. The van der Waals surface area contributed by atoms with Gasteiger partial charge < -0.3 is 10.0 Å². The molecular formula is C17H23NO2. The minimum atomic E-state index is 0.204. The van der Waals surface area contributed by atoms with Gasteiger partial charge in [0.25, 0.3) is 0 Å². The molecule has 20 heavy (non-hydrogen) atoms. The van der Waals surface area contributed by atoms with Gasteiger partial charge in [-0.05, 0) is 48.6 Å². The number of likely N-dealkylation sites (tertiary alicyclic amines) is 1. The van der Waals surface area contributed by atoms with E-state index in [0.717, 1.165) is 38.8 Å². The molecule has 2 atom stereocenters. The lowest BCUT2D eigenvalue weighted by Crippen LogP contribution is -2.41. The van der Waals surface area contributed by atoms with Crippen LogP contribution in [0.25, 0.3) is 0 Å². The largest absolute Gasteiger partial charge is 0.396 e. The molecule has 0 saturated carbocycles. The van der Waals surface area contributed by atoms with Crippen LogP contribution in [0, 0.1) is 5.92 Å². The molecule has 1 heterocycles. The molecule has 1 saturated heterocycles. The van der Waals surface area contributed by atoms with Crippen LogP contribution in [0.15, 0.2) is 24.3 Å². The van der Waals surface area contributed by atoms with Gasteiger partial charge in [0.05, 0.1) is 0 Å². The predicted molar refractivity (Wildman–Crippen MR) is 78.5 cm³/mol. The summed E-state index contributed by atoms with van der Waals surface area (Å²) in [5, 5.41) is 9.27. The molecule has 0 aromatic heterocycles. The number of aliphatic hydroxyl groups is 1. The van der Waals surface area contributed by atoms with Crippen molar-refractivity contribution in [2.45, 2.75) is 38.0 Å². The average Bonchev–Trinajstić information content (AvgIpc) is 2.90. The molecule has 1 aliphatic carbocycles. The number of fused-ring (bicyclic) bond motifs is 1. The van der Waals surface area contributed by atoms with Crippen molar-refractivity contribution >= 4 is 5.91 Å². The van der Waals surface area contributed by atoms with Crippen molar-refractivity contribution in [2.75, 3.05) is 19.7 Å². The number of hydrogen-bond donors (Lipinski definition) is 1. The zero-order valence-electron chi connectivity index (χ0n) is 11.9. The summed E-state index contributed by atoms with van der Waals surface area (Å²) in [5.41, 5.74) is 2.79. The number of piperidine rings is 1. The van der Waals surface area contributed by atoms with E-state index in [1.807, 2.05) is 4.90 Å². The highest BCUT2D eigenvalue weighted by Crippen LogP contribution is 2.35. The molecular weight excluding hydrogens is 250 g/mol. The van der Waals surface area contributed by atoms with E-state index >= 15 is 0 Å². The van der Waals surface area contributed by atoms with Crippen LogP contribution in [0.1, 0.15) is 42.7 Å². The molecule has 1 fully saturated rings. The first-order valence-corrected chi connectivity index (χ1v) is 7.74. The molecule has 1 aromatic rings. The number of aryl methyl sites for hydroxylation is 1. The summed E-state index contributed by atoms with van der Waals surface area (Å²) < 4.78 is 0. The highest BCUT2D eigenvalue weighted by molar-refractivity contribution is 5.77. The lowest BCUT2D eigenvalue weighted by molar-refractivity contribution is -0.133. The SMILES string of the molecule is O=C(CC1CCc2ccccc21)N1CCCC(CO)C1. The van der Waals surface area contributed by atoms with E-state index < -0.39 is 0 Å². The lowest BCUT2D eigenvalue weighted by atomic mass is 9.95. The van der Waals surface area contributed by atoms with Crippen molar-refractivity contribution in [1.29, 1.82) is 0 Å². The van der Waals surface area contributed by atoms with Gasteiger partial charge in [0, 0.05) is 26.1 Å². The van der Waals surface area contributed by atoms with Crippen molar-refractivity contribution in [1.82, 2.24) is 4.90 Å². The first-order valence-electron chi connectivity index (χ1n) is 7.74. The molecule has 1 aromatic carbocycles. The monoisotopic (exact) mass is 273 g/mol. The van der Waals surface area contributed by atoms with Gasteiger partial charge in [-0.3, -0.25) is 4.79 Å². The fraction of sp³-hybridized carbons (Fsp3) is 0.588. The Morgan fingerprint density at radius 3 is 3.00 bits per heavy atom. The number of benzene rings is 1. The zero-order valence-corrected chi connectivity index (χ0v) is 11.9. The Hall–Kier alpha value is -1.35. The van der Waals surface area contributed by atoms with E-state index in [1.165, 1.54) is 11.1 Å². The number of amides is 1. The Morgan fingerprint density at radius 1 is 1.30 bits per heavy atom. The third-order valence-electron chi connectivity index (χ3n) is 4.81. The van der Waals surface area contributed by atoms with Gasteiger partial charge in [0.15, 0.2) is 0 Å². The molecule has 2 aliphatic rings. The Morgan fingerprint density at radius 2 is 2.15 bits per heavy atom. The Bertz CT molecular complexity index is 486. The molecule has 3 rings (SSSR count). The molecule has 1 amide bonds. The standard InChI is InChI=1S/C17H23NO2/c19-12-13-4-3-9-18(11-13)17(20)10-15-8-7-14-5-1-2-6-16(14)15/h1-2,5-6,13,15,19H,3-4,7-12H2. The molecule has 3 heteroatoms. The van der Waals surface area contributed by atoms with Crippen molar-refractivity contribution in [3.05, 3.63) is 35.4 Å². The van der Waals surface area contributed by atoms with E-state index in [1.54, 1.807) is 0 Å². The quantitative estimate of drug-likeness (QED) is 0.918. The molecule has 2 unspecified atom stereocenters. The van der Waals surface area contributed by atoms with Crippen LogP contribution in [0.4, 0.5) is 0 Å². The van der Waals surface area contributed by atoms with Crippen molar-refractivity contribution < 1.29 is 9.90 Å². The fourth-order valence-electron chi connectivity index (χ4n) is 3.64. The number of carbonyl (C=O) groups excluding carboxylic acids is 1. The summed E-state index contributed by atoms with van der Waals surface area (Å²) in [4.78, 5) is 14.4. The maximum atomic E-state index is 12.5. The smallest absolute Gasteiger partial charge is 0.223 e. The second kappa shape index (κ2) is 5.96. The minimum absolute atomic E-state index is 0.204. The van der Waals surface area contributed by atoms with Gasteiger partial charge in [-0.15, -0.1) is 0 Å². The zero-order chi connectivity index (χ0) is 13.9. The molecule has 108 valence electrons. The number of carbonyl (C=O) groups is 1. The van der Waals surface area contributed by atoms with Crippen LogP contribution in [0.3, 0.4) is 0 Å². The van der Waals surface area contributed by atoms with Crippen LogP contribution < -0.4 is 0 Å². The van der Waals surface area contributed by atoms with Crippen LogP contribution in [-0.4, -0.2) is 35.6 Å². The molecule has 0 radical (unpaired) electrons. The van der Waals surface area contributed by atoms with Gasteiger partial charge in [-0.25, -0.2) is 0 Å². The molecule has 3 nitrogen and oxygen atoms in total. The number of nitrogens with zero attached hydrogens (tertiary/aromatic N) is 1. The Kier molecular flexibility index (Phi) is 4.06. The van der Waals surface area contributed by atoms with Crippen LogP contribution in [-0.2, 0) is 11.2 Å². The molecule has 1 N–H and O–H groups in total. The van der Waals surface area contributed by atoms with Crippen LogP contribution >= 0.6 is 0 Å². The number of hydrogen-bond acceptors (Lipinski definition) is 2. The number of rotatable bonds is 3. The first-order chi connectivity index (χ1) is 9.78. The van der Waals surface area contributed by atoms with Gasteiger partial charge >= 0.3 is 0 Å². The fourth-order valence-corrected chi connectivity index (χ4v) is 3.64. The maximum Gasteiger partial charge on any atom is 0.223 e. The lowest BCUT2D eigenvalue weighted by Gasteiger charge is -2.32. The van der Waals surface area contributed by atoms with Gasteiger partial charge in [-0.2, -0.15) is 0 Å². The Labute approximate surface area is 120 Å². The van der Waals surface area contributed by atoms with Crippen molar-refractivity contribution in [2.24, 2.45) is 5.92 Å². The van der Waals surface area contributed by atoms with Gasteiger partial charge in [0.1, 0.15) is 0 Å². The first kappa shape index (κ1) is 13.6. The summed E-state index contributed by atoms with van der Waals surface area (Å²) in [5.74, 6) is 0.946. The summed E-state index contributed by atoms with van der Waals surface area (Å²) in [7, 11) is 0. The molecule has 1 aliphatic heterocycles. The maximum absolute atomic E-state index is 12.5. The summed E-state index contributed by atoms with van der Waals surface area (Å²) >= 11 is 0. The van der Waals surface area contributed by atoms with Crippen LogP contribution in [0.2, 0.25) is 0 Å². The van der Waals surface area contributed by atoms with Gasteiger partial charge in [0.2, 0.25) is 5.91 Å². The summed E-state index contributed by atoms with van der Waals surface area (Å²) in [6, 6.07) is 8.51. The van der Waals surface area contributed by atoms with Crippen molar-refractivity contribution in [3.63, 3.8) is 0 Å². The predicted octanol–water partition coefficient (Wildman–Crippen LogP) is 2.34. The van der Waals surface area contributed by atoms with E-state index in [0.29, 0.717) is 12.3 Å². The summed E-state index contributed by atoms with van der Waals surface area (Å²) in [6.45, 7) is 1.81.